The van der Waals surface area contributed by atoms with Crippen molar-refractivity contribution in [2.75, 3.05) is 46.4 Å². The number of carbonyl (C=O) groups excluding carboxylic acids is 1. The number of hydrogen-bond donors (Lipinski definition) is 1. The number of amides is 1. The smallest absolute Gasteiger partial charge is 0.225 e. The van der Waals surface area contributed by atoms with Crippen molar-refractivity contribution in [2.24, 2.45) is 10.9 Å². The predicted molar refractivity (Wildman–Crippen MR) is 119 cm³/mol. The first-order valence-corrected chi connectivity index (χ1v) is 10.3. The van der Waals surface area contributed by atoms with Gasteiger partial charge in [0.05, 0.1) is 19.8 Å². The van der Waals surface area contributed by atoms with Crippen LogP contribution < -0.4 is 5.32 Å². The van der Waals surface area contributed by atoms with Crippen LogP contribution in [0.15, 0.2) is 11.2 Å². The molecule has 0 unspecified atom stereocenters. The van der Waals surface area contributed by atoms with Crippen LogP contribution in [-0.4, -0.2) is 73.1 Å². The number of aromatic nitrogens is 1. The number of aliphatic imine (C=N–C) groups is 1. The Balaban J connectivity index is 0.00000261. The number of piperidine rings is 1. The van der Waals surface area contributed by atoms with E-state index in [1.807, 2.05) is 18.1 Å². The summed E-state index contributed by atoms with van der Waals surface area (Å²) in [7, 11) is 1.81. The van der Waals surface area contributed by atoms with Crippen molar-refractivity contribution in [1.29, 1.82) is 0 Å². The summed E-state index contributed by atoms with van der Waals surface area (Å²) >= 11 is 1.74. The van der Waals surface area contributed by atoms with Crippen LogP contribution in [0.3, 0.4) is 0 Å². The van der Waals surface area contributed by atoms with Gasteiger partial charge in [-0.3, -0.25) is 9.79 Å². The molecule has 1 aromatic heterocycles. The Morgan fingerprint density at radius 3 is 2.59 bits per heavy atom. The number of thiazole rings is 1. The molecule has 3 heterocycles. The van der Waals surface area contributed by atoms with Gasteiger partial charge in [0.15, 0.2) is 5.96 Å². The molecule has 0 bridgehead atoms. The fraction of sp³-hybridized carbons (Fsp3) is 0.722. The highest BCUT2D eigenvalue weighted by Gasteiger charge is 2.30. The van der Waals surface area contributed by atoms with Gasteiger partial charge >= 0.3 is 0 Å². The zero-order chi connectivity index (χ0) is 18.4. The van der Waals surface area contributed by atoms with Crippen molar-refractivity contribution < 1.29 is 9.53 Å². The van der Waals surface area contributed by atoms with Crippen molar-refractivity contribution in [2.45, 2.75) is 32.7 Å². The van der Waals surface area contributed by atoms with Crippen molar-refractivity contribution in [1.82, 2.24) is 20.1 Å². The minimum absolute atomic E-state index is 0. The first-order valence-electron chi connectivity index (χ1n) is 9.47. The summed E-state index contributed by atoms with van der Waals surface area (Å²) in [5, 5.41) is 4.50. The van der Waals surface area contributed by atoms with Crippen molar-refractivity contribution in [3.8, 4) is 0 Å². The maximum Gasteiger partial charge on any atom is 0.225 e. The third-order valence-corrected chi connectivity index (χ3v) is 6.17. The van der Waals surface area contributed by atoms with E-state index in [2.05, 4.69) is 27.1 Å². The average molecular weight is 507 g/mol. The van der Waals surface area contributed by atoms with Crippen molar-refractivity contribution in [3.05, 3.63) is 16.1 Å². The number of morpholine rings is 1. The third-order valence-electron chi connectivity index (χ3n) is 5.03. The number of nitrogens with zero attached hydrogens (tertiary/aromatic N) is 4. The second-order valence-electron chi connectivity index (χ2n) is 6.67. The number of rotatable bonds is 4. The van der Waals surface area contributed by atoms with Gasteiger partial charge in [-0.2, -0.15) is 0 Å². The van der Waals surface area contributed by atoms with Crippen LogP contribution in [0.1, 0.15) is 29.7 Å². The molecule has 0 radical (unpaired) electrons. The van der Waals surface area contributed by atoms with E-state index < -0.39 is 0 Å². The molecule has 0 aromatic carbocycles. The van der Waals surface area contributed by atoms with E-state index in [-0.39, 0.29) is 29.9 Å². The highest BCUT2D eigenvalue weighted by molar-refractivity contribution is 14.0. The molecular formula is C18H30IN5O2S. The zero-order valence-electron chi connectivity index (χ0n) is 16.1. The number of halogens is 1. The summed E-state index contributed by atoms with van der Waals surface area (Å²) in [4.78, 5) is 27.0. The van der Waals surface area contributed by atoms with Gasteiger partial charge in [-0.15, -0.1) is 35.3 Å². The number of nitrogens with one attached hydrogen (secondary N) is 1. The monoisotopic (exact) mass is 507 g/mol. The SMILES string of the molecule is CCc1cnc(CNC(=NC)N2CCC(C(=O)N3CCOCC3)CC2)s1.I. The van der Waals surface area contributed by atoms with Crippen LogP contribution in [0.25, 0.3) is 0 Å². The van der Waals surface area contributed by atoms with E-state index in [4.69, 9.17) is 4.74 Å². The van der Waals surface area contributed by atoms with Gasteiger partial charge in [-0.25, -0.2) is 4.98 Å². The number of ether oxygens (including phenoxy) is 1. The van der Waals surface area contributed by atoms with E-state index >= 15 is 0 Å². The number of aryl methyl sites for hydroxylation is 1. The molecule has 1 amide bonds. The van der Waals surface area contributed by atoms with Gasteiger partial charge in [0.25, 0.3) is 0 Å². The Labute approximate surface area is 182 Å². The molecule has 0 atom stereocenters. The van der Waals surface area contributed by atoms with E-state index in [0.717, 1.165) is 56.4 Å². The molecule has 3 rings (SSSR count). The molecule has 9 heteroatoms. The highest BCUT2D eigenvalue weighted by atomic mass is 127. The summed E-state index contributed by atoms with van der Waals surface area (Å²) in [5.41, 5.74) is 0. The van der Waals surface area contributed by atoms with Gasteiger partial charge in [0.1, 0.15) is 5.01 Å². The fourth-order valence-electron chi connectivity index (χ4n) is 3.46. The van der Waals surface area contributed by atoms with Gasteiger partial charge in [0.2, 0.25) is 5.91 Å². The average Bonchev–Trinajstić information content (AvgIpc) is 3.17. The quantitative estimate of drug-likeness (QED) is 0.384. The maximum atomic E-state index is 12.6. The van der Waals surface area contributed by atoms with E-state index in [0.29, 0.717) is 25.7 Å². The molecule has 0 spiro atoms. The Hall–Kier alpha value is -0.940. The van der Waals surface area contributed by atoms with E-state index in [1.54, 1.807) is 11.3 Å². The van der Waals surface area contributed by atoms with E-state index in [1.165, 1.54) is 4.88 Å². The minimum atomic E-state index is 0. The Bertz CT molecular complexity index is 625. The zero-order valence-corrected chi connectivity index (χ0v) is 19.3. The first-order chi connectivity index (χ1) is 12.7. The van der Waals surface area contributed by atoms with Crippen molar-refractivity contribution >= 4 is 47.2 Å². The molecule has 2 saturated heterocycles. The lowest BCUT2D eigenvalue weighted by atomic mass is 9.95. The number of likely N-dealkylation sites (tertiary alicyclic amines) is 1. The summed E-state index contributed by atoms with van der Waals surface area (Å²) in [6.07, 6.45) is 4.74. The normalized spacial score (nSPS) is 19.0. The van der Waals surface area contributed by atoms with Crippen LogP contribution >= 0.6 is 35.3 Å². The summed E-state index contributed by atoms with van der Waals surface area (Å²) < 4.78 is 5.34. The van der Waals surface area contributed by atoms with Gasteiger partial charge in [-0.05, 0) is 19.3 Å². The lowest BCUT2D eigenvalue weighted by Crippen LogP contribution is -2.49. The van der Waals surface area contributed by atoms with E-state index in [9.17, 15) is 4.79 Å². The van der Waals surface area contributed by atoms with Crippen LogP contribution in [0.4, 0.5) is 0 Å². The molecule has 2 fully saturated rings. The molecule has 2 aliphatic rings. The molecule has 0 aliphatic carbocycles. The summed E-state index contributed by atoms with van der Waals surface area (Å²) in [6.45, 7) is 7.36. The topological polar surface area (TPSA) is 70.1 Å². The number of carbonyl (C=O) groups is 1. The molecule has 7 nitrogen and oxygen atoms in total. The Kier molecular flexibility index (Phi) is 9.24. The fourth-order valence-corrected chi connectivity index (χ4v) is 4.26. The van der Waals surface area contributed by atoms with Crippen molar-refractivity contribution in [3.63, 3.8) is 0 Å². The van der Waals surface area contributed by atoms with Crippen LogP contribution in [0.2, 0.25) is 0 Å². The standard InChI is InChI=1S/C18H29N5O2S.HI/c1-3-15-12-20-16(26-15)13-21-18(19-2)23-6-4-14(5-7-23)17(24)22-8-10-25-11-9-22;/h12,14H,3-11,13H2,1-2H3,(H,19,21);1H. The molecule has 2 aliphatic heterocycles. The van der Waals surface area contributed by atoms with Gasteiger partial charge < -0.3 is 19.9 Å². The second-order valence-corrected chi connectivity index (χ2v) is 7.87. The molecule has 152 valence electrons. The van der Waals surface area contributed by atoms with Gasteiger partial charge in [0, 0.05) is 50.2 Å². The Morgan fingerprint density at radius 1 is 1.30 bits per heavy atom. The number of guanidine groups is 1. The highest BCUT2D eigenvalue weighted by Crippen LogP contribution is 2.21. The molecular weight excluding hydrogens is 477 g/mol. The van der Waals surface area contributed by atoms with Crippen LogP contribution in [0, 0.1) is 5.92 Å². The maximum absolute atomic E-state index is 12.6. The lowest BCUT2D eigenvalue weighted by Gasteiger charge is -2.36. The Morgan fingerprint density at radius 2 is 2.00 bits per heavy atom. The third kappa shape index (κ3) is 6.02. The molecule has 1 N–H and O–H groups in total. The predicted octanol–water partition coefficient (Wildman–Crippen LogP) is 1.97. The molecule has 27 heavy (non-hydrogen) atoms. The van der Waals surface area contributed by atoms with Gasteiger partial charge in [-0.1, -0.05) is 6.92 Å². The second kappa shape index (κ2) is 11.2. The molecule has 1 aromatic rings. The minimum Gasteiger partial charge on any atom is -0.378 e. The van der Waals surface area contributed by atoms with Crippen LogP contribution in [-0.2, 0) is 22.5 Å². The lowest BCUT2D eigenvalue weighted by molar-refractivity contribution is -0.140. The summed E-state index contributed by atoms with van der Waals surface area (Å²) in [6, 6.07) is 0. The molecule has 0 saturated carbocycles. The largest absolute Gasteiger partial charge is 0.378 e. The van der Waals surface area contributed by atoms with Crippen LogP contribution in [0.5, 0.6) is 0 Å². The summed E-state index contributed by atoms with van der Waals surface area (Å²) in [5.74, 6) is 1.33. The first kappa shape index (κ1) is 22.4. The number of hydrogen-bond acceptors (Lipinski definition) is 5.